The summed E-state index contributed by atoms with van der Waals surface area (Å²) in [5, 5.41) is 2.11. The molecular formula is C14H15N3S2. The molecule has 0 aliphatic rings. The molecule has 1 atom stereocenters. The van der Waals surface area contributed by atoms with Crippen LogP contribution >= 0.6 is 23.6 Å². The Balaban J connectivity index is 2.04. The zero-order valence-electron chi connectivity index (χ0n) is 10.9. The molecule has 0 radical (unpaired) electrons. The van der Waals surface area contributed by atoms with Crippen LogP contribution < -0.4 is 0 Å². The van der Waals surface area contributed by atoms with Crippen LogP contribution in [0.25, 0.3) is 11.2 Å². The highest BCUT2D eigenvalue weighted by molar-refractivity contribution is 7.71. The highest BCUT2D eigenvalue weighted by atomic mass is 32.1. The van der Waals surface area contributed by atoms with E-state index in [1.165, 1.54) is 4.88 Å². The summed E-state index contributed by atoms with van der Waals surface area (Å²) in [4.78, 5) is 9.14. The third-order valence-corrected chi connectivity index (χ3v) is 4.41. The van der Waals surface area contributed by atoms with Crippen LogP contribution in [0.15, 0.2) is 29.8 Å². The molecule has 3 aromatic heterocycles. The Hall–Kier alpha value is -1.46. The number of aryl methyl sites for hydroxylation is 1. The van der Waals surface area contributed by atoms with Crippen LogP contribution in [0.1, 0.15) is 23.4 Å². The Morgan fingerprint density at radius 3 is 3.11 bits per heavy atom. The lowest BCUT2D eigenvalue weighted by molar-refractivity contribution is 0.553. The Labute approximate surface area is 120 Å². The molecule has 0 amide bonds. The molecule has 3 nitrogen and oxygen atoms in total. The van der Waals surface area contributed by atoms with Gasteiger partial charge in [0.25, 0.3) is 0 Å². The number of imidazole rings is 1. The SMILES string of the molecule is Cc1cnc2c(c1)[nH]c(=S)n2C(C)Cc1cccs1. The van der Waals surface area contributed by atoms with Gasteiger partial charge in [0.15, 0.2) is 10.4 Å². The Bertz CT molecular complexity index is 753. The topological polar surface area (TPSA) is 33.6 Å². The molecule has 19 heavy (non-hydrogen) atoms. The van der Waals surface area contributed by atoms with Crippen molar-refractivity contribution in [2.75, 3.05) is 0 Å². The molecule has 5 heteroatoms. The zero-order chi connectivity index (χ0) is 13.4. The summed E-state index contributed by atoms with van der Waals surface area (Å²) < 4.78 is 2.86. The minimum atomic E-state index is 0.301. The zero-order valence-corrected chi connectivity index (χ0v) is 12.5. The largest absolute Gasteiger partial charge is 0.329 e. The standard InChI is InChI=1S/C14H15N3S2/c1-9-6-12-13(15-8-9)17(14(18)16-12)10(2)7-11-4-3-5-19-11/h3-6,8,10H,7H2,1-2H3,(H,16,18). The van der Waals surface area contributed by atoms with Crippen LogP contribution in [0, 0.1) is 11.7 Å². The van der Waals surface area contributed by atoms with Crippen LogP contribution in [0.4, 0.5) is 0 Å². The number of hydrogen-bond acceptors (Lipinski definition) is 3. The van der Waals surface area contributed by atoms with Crippen molar-refractivity contribution >= 4 is 34.7 Å². The van der Waals surface area contributed by atoms with E-state index in [9.17, 15) is 0 Å². The van der Waals surface area contributed by atoms with Crippen molar-refractivity contribution in [2.45, 2.75) is 26.3 Å². The normalized spacial score (nSPS) is 12.9. The average Bonchev–Trinajstić information content (AvgIpc) is 2.95. The third-order valence-electron chi connectivity index (χ3n) is 3.21. The van der Waals surface area contributed by atoms with E-state index in [-0.39, 0.29) is 0 Å². The van der Waals surface area contributed by atoms with Gasteiger partial charge in [-0.2, -0.15) is 0 Å². The molecule has 0 saturated carbocycles. The molecule has 0 bridgehead atoms. The number of nitrogens with one attached hydrogen (secondary N) is 1. The Morgan fingerprint density at radius 2 is 2.37 bits per heavy atom. The van der Waals surface area contributed by atoms with E-state index >= 15 is 0 Å². The lowest BCUT2D eigenvalue weighted by atomic mass is 10.2. The van der Waals surface area contributed by atoms with E-state index in [1.54, 1.807) is 11.3 Å². The molecule has 1 N–H and O–H groups in total. The van der Waals surface area contributed by atoms with Crippen molar-refractivity contribution in [1.82, 2.24) is 14.5 Å². The van der Waals surface area contributed by atoms with Crippen molar-refractivity contribution in [3.8, 4) is 0 Å². The number of hydrogen-bond donors (Lipinski definition) is 1. The summed E-state index contributed by atoms with van der Waals surface area (Å²) in [5.41, 5.74) is 3.10. The number of H-pyrrole nitrogens is 1. The smallest absolute Gasteiger partial charge is 0.179 e. The Morgan fingerprint density at radius 1 is 1.53 bits per heavy atom. The number of fused-ring (bicyclic) bond motifs is 1. The third kappa shape index (κ3) is 2.35. The molecule has 98 valence electrons. The maximum atomic E-state index is 5.44. The van der Waals surface area contributed by atoms with Crippen molar-refractivity contribution in [3.05, 3.63) is 45.0 Å². The monoisotopic (exact) mass is 289 g/mol. The van der Waals surface area contributed by atoms with Gasteiger partial charge >= 0.3 is 0 Å². The van der Waals surface area contributed by atoms with E-state index in [4.69, 9.17) is 12.2 Å². The van der Waals surface area contributed by atoms with E-state index in [0.29, 0.717) is 6.04 Å². The first-order valence-corrected chi connectivity index (χ1v) is 7.53. The number of nitrogens with zero attached hydrogens (tertiary/aromatic N) is 2. The molecular weight excluding hydrogens is 274 g/mol. The molecule has 0 saturated heterocycles. The molecule has 3 rings (SSSR count). The maximum absolute atomic E-state index is 5.44. The van der Waals surface area contributed by atoms with Gasteiger partial charge in [0.05, 0.1) is 5.52 Å². The van der Waals surface area contributed by atoms with Gasteiger partial charge in [-0.1, -0.05) is 6.07 Å². The van der Waals surface area contributed by atoms with Gasteiger partial charge in [-0.3, -0.25) is 4.57 Å². The summed E-state index contributed by atoms with van der Waals surface area (Å²) in [6.07, 6.45) is 2.87. The predicted molar refractivity (Wildman–Crippen MR) is 82.4 cm³/mol. The minimum Gasteiger partial charge on any atom is -0.329 e. The molecule has 0 aromatic carbocycles. The van der Waals surface area contributed by atoms with Crippen LogP contribution in [-0.4, -0.2) is 14.5 Å². The van der Waals surface area contributed by atoms with Crippen molar-refractivity contribution < 1.29 is 0 Å². The fourth-order valence-electron chi connectivity index (χ4n) is 2.34. The number of aromatic nitrogens is 3. The van der Waals surface area contributed by atoms with Crippen LogP contribution in [-0.2, 0) is 6.42 Å². The molecule has 0 spiro atoms. The number of pyridine rings is 1. The molecule has 0 aliphatic heterocycles. The first-order chi connectivity index (χ1) is 9.15. The lowest BCUT2D eigenvalue weighted by Crippen LogP contribution is -2.08. The minimum absolute atomic E-state index is 0.301. The first kappa shape index (κ1) is 12.6. The van der Waals surface area contributed by atoms with Crippen molar-refractivity contribution in [1.29, 1.82) is 0 Å². The van der Waals surface area contributed by atoms with Gasteiger partial charge in [0.2, 0.25) is 0 Å². The van der Waals surface area contributed by atoms with E-state index < -0.39 is 0 Å². The van der Waals surface area contributed by atoms with Crippen LogP contribution in [0.5, 0.6) is 0 Å². The van der Waals surface area contributed by atoms with Crippen molar-refractivity contribution in [3.63, 3.8) is 0 Å². The Kier molecular flexibility index (Phi) is 3.24. The summed E-state index contributed by atoms with van der Waals surface area (Å²) in [5.74, 6) is 0. The van der Waals surface area contributed by atoms with Crippen molar-refractivity contribution in [2.24, 2.45) is 0 Å². The second kappa shape index (κ2) is 4.90. The van der Waals surface area contributed by atoms with E-state index in [0.717, 1.165) is 27.9 Å². The van der Waals surface area contributed by atoms with Gasteiger partial charge in [0, 0.05) is 23.5 Å². The molecule has 3 heterocycles. The molecule has 0 aliphatic carbocycles. The van der Waals surface area contributed by atoms with Crippen LogP contribution in [0.3, 0.4) is 0 Å². The lowest BCUT2D eigenvalue weighted by Gasteiger charge is -2.12. The van der Waals surface area contributed by atoms with Gasteiger partial charge in [-0.15, -0.1) is 11.3 Å². The van der Waals surface area contributed by atoms with Gasteiger partial charge in [0.1, 0.15) is 0 Å². The number of aromatic amines is 1. The van der Waals surface area contributed by atoms with E-state index in [2.05, 4.69) is 45.0 Å². The summed E-state index contributed by atoms with van der Waals surface area (Å²) >= 11 is 7.22. The first-order valence-electron chi connectivity index (χ1n) is 6.24. The number of thiophene rings is 1. The molecule has 0 fully saturated rings. The second-order valence-electron chi connectivity index (χ2n) is 4.82. The highest BCUT2D eigenvalue weighted by Gasteiger charge is 2.13. The second-order valence-corrected chi connectivity index (χ2v) is 6.24. The fourth-order valence-corrected chi connectivity index (χ4v) is 3.54. The molecule has 3 aromatic rings. The van der Waals surface area contributed by atoms with Crippen LogP contribution in [0.2, 0.25) is 0 Å². The quantitative estimate of drug-likeness (QED) is 0.731. The number of rotatable bonds is 3. The molecule has 1 unspecified atom stereocenters. The van der Waals surface area contributed by atoms with Gasteiger partial charge < -0.3 is 4.98 Å². The fraction of sp³-hybridized carbons (Fsp3) is 0.286. The van der Waals surface area contributed by atoms with Gasteiger partial charge in [-0.05, 0) is 49.1 Å². The maximum Gasteiger partial charge on any atom is 0.179 e. The summed E-state index contributed by atoms with van der Waals surface area (Å²) in [6, 6.07) is 6.64. The van der Waals surface area contributed by atoms with E-state index in [1.807, 2.05) is 13.1 Å². The average molecular weight is 289 g/mol. The predicted octanol–water partition coefficient (Wildman–Crippen LogP) is 4.27. The summed E-state index contributed by atoms with van der Waals surface area (Å²) in [7, 11) is 0. The van der Waals surface area contributed by atoms with Gasteiger partial charge in [-0.25, -0.2) is 4.98 Å². The summed E-state index contributed by atoms with van der Waals surface area (Å²) in [6.45, 7) is 4.22. The highest BCUT2D eigenvalue weighted by Crippen LogP contribution is 2.22.